The van der Waals surface area contributed by atoms with Gasteiger partial charge in [-0.05, 0) is 80.4 Å². The standard InChI is InChI=1S/C23H27Cl2NO3/c1-3-13(2)22(28)17-4-5-18(21(25)20(17)24)29-12-19(27)26-23-9-14-6-15(10-23)8-16(7-14)11-23/h4-5,14-16H,2-3,6-12H2,1H3,(H,26,27). The lowest BCUT2D eigenvalue weighted by molar-refractivity contribution is -0.128. The van der Waals surface area contributed by atoms with Gasteiger partial charge in [0.2, 0.25) is 0 Å². The summed E-state index contributed by atoms with van der Waals surface area (Å²) < 4.78 is 5.65. The van der Waals surface area contributed by atoms with E-state index in [0.29, 0.717) is 23.3 Å². The molecule has 1 aromatic rings. The molecular weight excluding hydrogens is 409 g/mol. The zero-order valence-electron chi connectivity index (χ0n) is 16.7. The van der Waals surface area contributed by atoms with Gasteiger partial charge in [0, 0.05) is 11.1 Å². The fourth-order valence-electron chi connectivity index (χ4n) is 5.91. The number of hydrogen-bond donors (Lipinski definition) is 1. The Hall–Kier alpha value is -1.52. The summed E-state index contributed by atoms with van der Waals surface area (Å²) in [5, 5.41) is 3.55. The molecule has 0 atom stereocenters. The van der Waals surface area contributed by atoms with E-state index in [1.165, 1.54) is 19.3 Å². The van der Waals surface area contributed by atoms with Crippen molar-refractivity contribution in [3.8, 4) is 5.75 Å². The van der Waals surface area contributed by atoms with E-state index in [4.69, 9.17) is 27.9 Å². The van der Waals surface area contributed by atoms with Crippen molar-refractivity contribution in [1.29, 1.82) is 0 Å². The molecule has 0 spiro atoms. The molecule has 0 unspecified atom stereocenters. The fraction of sp³-hybridized carbons (Fsp3) is 0.565. The molecule has 0 heterocycles. The molecule has 156 valence electrons. The first kappa shape index (κ1) is 20.7. The number of ether oxygens (including phenoxy) is 1. The van der Waals surface area contributed by atoms with Crippen molar-refractivity contribution in [2.45, 2.75) is 57.4 Å². The Morgan fingerprint density at radius 2 is 1.69 bits per heavy atom. The van der Waals surface area contributed by atoms with Crippen LogP contribution in [0, 0.1) is 17.8 Å². The van der Waals surface area contributed by atoms with E-state index in [1.807, 2.05) is 6.92 Å². The lowest BCUT2D eigenvalue weighted by Crippen LogP contribution is -2.60. The first-order valence-electron chi connectivity index (χ1n) is 10.4. The first-order valence-corrected chi connectivity index (χ1v) is 11.2. The summed E-state index contributed by atoms with van der Waals surface area (Å²) in [6.07, 6.45) is 7.80. The Bertz CT molecular complexity index is 829. The van der Waals surface area contributed by atoms with Gasteiger partial charge < -0.3 is 10.1 Å². The molecule has 4 bridgehead atoms. The van der Waals surface area contributed by atoms with E-state index < -0.39 is 0 Å². The second-order valence-corrected chi connectivity index (χ2v) is 9.82. The van der Waals surface area contributed by atoms with Crippen molar-refractivity contribution in [2.75, 3.05) is 6.61 Å². The number of nitrogens with one attached hydrogen (secondary N) is 1. The highest BCUT2D eigenvalue weighted by Gasteiger charge is 2.51. The number of carbonyl (C=O) groups is 2. The minimum Gasteiger partial charge on any atom is -0.482 e. The van der Waals surface area contributed by atoms with Crippen molar-refractivity contribution in [2.24, 2.45) is 17.8 Å². The van der Waals surface area contributed by atoms with Crippen LogP contribution in [0.2, 0.25) is 10.0 Å². The third-order valence-corrected chi connectivity index (χ3v) is 7.71. The summed E-state index contributed by atoms with van der Waals surface area (Å²) in [7, 11) is 0. The predicted molar refractivity (Wildman–Crippen MR) is 115 cm³/mol. The first-order chi connectivity index (χ1) is 13.8. The van der Waals surface area contributed by atoms with Crippen molar-refractivity contribution in [3.63, 3.8) is 0 Å². The molecule has 4 fully saturated rings. The molecule has 29 heavy (non-hydrogen) atoms. The normalized spacial score (nSPS) is 29.6. The third kappa shape index (κ3) is 4.06. The van der Waals surface area contributed by atoms with Crippen LogP contribution >= 0.6 is 23.2 Å². The van der Waals surface area contributed by atoms with Crippen LogP contribution in [-0.2, 0) is 4.79 Å². The molecule has 1 aromatic carbocycles. The quantitative estimate of drug-likeness (QED) is 0.447. The van der Waals surface area contributed by atoms with Crippen LogP contribution in [0.1, 0.15) is 62.2 Å². The van der Waals surface area contributed by atoms with Gasteiger partial charge in [0.1, 0.15) is 10.8 Å². The number of benzene rings is 1. The highest BCUT2D eigenvalue weighted by molar-refractivity contribution is 6.45. The summed E-state index contributed by atoms with van der Waals surface area (Å²) in [6, 6.07) is 3.16. The van der Waals surface area contributed by atoms with Gasteiger partial charge in [0.25, 0.3) is 5.91 Å². The number of carbonyl (C=O) groups excluding carboxylic acids is 2. The number of hydrogen-bond acceptors (Lipinski definition) is 3. The van der Waals surface area contributed by atoms with Crippen LogP contribution in [-0.4, -0.2) is 23.8 Å². The Morgan fingerprint density at radius 3 is 2.24 bits per heavy atom. The summed E-state index contributed by atoms with van der Waals surface area (Å²) in [6.45, 7) is 5.49. The van der Waals surface area contributed by atoms with Gasteiger partial charge >= 0.3 is 0 Å². The maximum absolute atomic E-state index is 12.6. The molecule has 0 aliphatic heterocycles. The van der Waals surface area contributed by atoms with Gasteiger partial charge in [-0.3, -0.25) is 9.59 Å². The lowest BCUT2D eigenvalue weighted by atomic mass is 9.53. The van der Waals surface area contributed by atoms with Crippen LogP contribution in [0.25, 0.3) is 0 Å². The highest BCUT2D eigenvalue weighted by atomic mass is 35.5. The average Bonchev–Trinajstić information content (AvgIpc) is 2.66. The minimum absolute atomic E-state index is 0.0482. The Morgan fingerprint density at radius 1 is 1.10 bits per heavy atom. The van der Waals surface area contributed by atoms with Crippen LogP contribution in [0.5, 0.6) is 5.75 Å². The van der Waals surface area contributed by atoms with Crippen LogP contribution in [0.15, 0.2) is 24.3 Å². The van der Waals surface area contributed by atoms with Gasteiger partial charge in [-0.15, -0.1) is 0 Å². The molecule has 1 amide bonds. The Labute approximate surface area is 182 Å². The molecule has 0 saturated heterocycles. The molecule has 4 aliphatic rings. The molecule has 4 aliphatic carbocycles. The van der Waals surface area contributed by atoms with Gasteiger partial charge in [0.15, 0.2) is 12.4 Å². The molecule has 4 saturated carbocycles. The second-order valence-electron chi connectivity index (χ2n) is 9.06. The van der Waals surface area contributed by atoms with Crippen LogP contribution in [0.3, 0.4) is 0 Å². The largest absolute Gasteiger partial charge is 0.482 e. The van der Waals surface area contributed by atoms with Crippen LogP contribution < -0.4 is 10.1 Å². The van der Waals surface area contributed by atoms with E-state index in [0.717, 1.165) is 37.0 Å². The number of halogens is 2. The zero-order chi connectivity index (χ0) is 20.8. The van der Waals surface area contributed by atoms with E-state index in [-0.39, 0.29) is 33.9 Å². The summed E-state index contributed by atoms with van der Waals surface area (Å²) in [5.74, 6) is 2.23. The van der Waals surface area contributed by atoms with Crippen molar-refractivity contribution < 1.29 is 14.3 Å². The number of ketones is 1. The topological polar surface area (TPSA) is 55.4 Å². The maximum atomic E-state index is 12.6. The number of Topliss-reactive ketones (excluding diaryl/α,β-unsaturated/α-hetero) is 1. The van der Waals surface area contributed by atoms with Gasteiger partial charge in [0.05, 0.1) is 5.02 Å². The fourth-order valence-corrected chi connectivity index (χ4v) is 6.37. The number of amides is 1. The number of allylic oxidation sites excluding steroid dienone is 1. The minimum atomic E-state index is -0.231. The Kier molecular flexibility index (Phi) is 5.69. The smallest absolute Gasteiger partial charge is 0.258 e. The Balaban J connectivity index is 1.39. The van der Waals surface area contributed by atoms with Crippen molar-refractivity contribution >= 4 is 34.9 Å². The molecule has 5 rings (SSSR count). The molecule has 0 aromatic heterocycles. The predicted octanol–water partition coefficient (Wildman–Crippen LogP) is 5.61. The van der Waals surface area contributed by atoms with E-state index in [2.05, 4.69) is 11.9 Å². The maximum Gasteiger partial charge on any atom is 0.258 e. The lowest BCUT2D eigenvalue weighted by Gasteiger charge is -2.56. The third-order valence-electron chi connectivity index (χ3n) is 6.84. The molecule has 4 nitrogen and oxygen atoms in total. The summed E-state index contributed by atoms with van der Waals surface area (Å²) >= 11 is 12.6. The average molecular weight is 436 g/mol. The van der Waals surface area contributed by atoms with E-state index in [1.54, 1.807) is 12.1 Å². The van der Waals surface area contributed by atoms with Crippen molar-refractivity contribution in [3.05, 3.63) is 39.9 Å². The molecular formula is C23H27Cl2NO3. The number of rotatable bonds is 7. The SMILES string of the molecule is C=C(CC)C(=O)c1ccc(OCC(=O)NC23CC4CC(CC(C4)C2)C3)c(Cl)c1Cl. The monoisotopic (exact) mass is 435 g/mol. The molecule has 6 heteroatoms. The van der Waals surface area contributed by atoms with Gasteiger partial charge in [-0.2, -0.15) is 0 Å². The molecule has 0 radical (unpaired) electrons. The van der Waals surface area contributed by atoms with Crippen molar-refractivity contribution in [1.82, 2.24) is 5.32 Å². The highest BCUT2D eigenvalue weighted by Crippen LogP contribution is 2.55. The van der Waals surface area contributed by atoms with Gasteiger partial charge in [-0.1, -0.05) is 36.7 Å². The van der Waals surface area contributed by atoms with E-state index in [9.17, 15) is 9.59 Å². The second kappa shape index (κ2) is 7.96. The van der Waals surface area contributed by atoms with Crippen LogP contribution in [0.4, 0.5) is 0 Å². The molecule has 1 N–H and O–H groups in total. The summed E-state index contributed by atoms with van der Waals surface area (Å²) in [4.78, 5) is 25.0. The van der Waals surface area contributed by atoms with E-state index >= 15 is 0 Å². The zero-order valence-corrected chi connectivity index (χ0v) is 18.2. The van der Waals surface area contributed by atoms with Gasteiger partial charge in [-0.25, -0.2) is 0 Å². The summed E-state index contributed by atoms with van der Waals surface area (Å²) in [5.41, 5.74) is 0.716.